The zero-order valence-corrected chi connectivity index (χ0v) is 11.2. The van der Waals surface area contributed by atoms with Gasteiger partial charge in [-0.25, -0.2) is 15.0 Å². The molecular formula is C13H14N4S. The number of rotatable bonds is 2. The van der Waals surface area contributed by atoms with Gasteiger partial charge in [0.25, 0.3) is 0 Å². The molecule has 3 heterocycles. The Morgan fingerprint density at radius 1 is 1.28 bits per heavy atom. The maximum atomic E-state index is 5.87. The highest BCUT2D eigenvalue weighted by Crippen LogP contribution is 2.33. The van der Waals surface area contributed by atoms with Gasteiger partial charge < -0.3 is 5.73 Å². The molecule has 0 radical (unpaired) electrons. The molecule has 0 fully saturated rings. The number of nitrogens with zero attached hydrogens (tertiary/aromatic N) is 3. The van der Waals surface area contributed by atoms with Crippen LogP contribution in [0.1, 0.15) is 19.5 Å². The second-order valence-corrected chi connectivity index (χ2v) is 5.79. The molecule has 92 valence electrons. The van der Waals surface area contributed by atoms with Crippen LogP contribution in [0, 0.1) is 5.92 Å². The molecule has 0 unspecified atom stereocenters. The Kier molecular flexibility index (Phi) is 2.63. The Bertz CT molecular complexity index is 717. The van der Waals surface area contributed by atoms with E-state index in [4.69, 9.17) is 5.73 Å². The average molecular weight is 258 g/mol. The summed E-state index contributed by atoms with van der Waals surface area (Å²) < 4.78 is 0.932. The van der Waals surface area contributed by atoms with E-state index < -0.39 is 0 Å². The van der Waals surface area contributed by atoms with Gasteiger partial charge in [0, 0.05) is 11.1 Å². The molecule has 0 aromatic carbocycles. The van der Waals surface area contributed by atoms with Gasteiger partial charge in [-0.15, -0.1) is 11.3 Å². The minimum Gasteiger partial charge on any atom is -0.382 e. The number of hydrogen-bond donors (Lipinski definition) is 1. The normalized spacial score (nSPS) is 11.7. The van der Waals surface area contributed by atoms with Gasteiger partial charge in [-0.05, 0) is 24.5 Å². The predicted octanol–water partition coefficient (Wildman–Crippen LogP) is 3.02. The maximum Gasteiger partial charge on any atom is 0.144 e. The van der Waals surface area contributed by atoms with Crippen LogP contribution in [-0.2, 0) is 6.42 Å². The summed E-state index contributed by atoms with van der Waals surface area (Å²) in [6.07, 6.45) is 2.50. The number of pyridine rings is 1. The molecule has 0 saturated carbocycles. The fraction of sp³-hybridized carbons (Fsp3) is 0.308. The van der Waals surface area contributed by atoms with Crippen molar-refractivity contribution >= 4 is 37.6 Å². The first-order valence-corrected chi connectivity index (χ1v) is 6.75. The molecule has 0 aliphatic carbocycles. The Morgan fingerprint density at radius 2 is 2.11 bits per heavy atom. The Hall–Kier alpha value is -1.75. The highest BCUT2D eigenvalue weighted by molar-refractivity contribution is 7.25. The van der Waals surface area contributed by atoms with E-state index in [9.17, 15) is 0 Å². The van der Waals surface area contributed by atoms with Crippen molar-refractivity contribution in [3.05, 3.63) is 24.2 Å². The van der Waals surface area contributed by atoms with E-state index >= 15 is 0 Å². The fourth-order valence-corrected chi connectivity index (χ4v) is 3.09. The number of anilines is 1. The molecule has 0 atom stereocenters. The van der Waals surface area contributed by atoms with Gasteiger partial charge in [-0.2, -0.15) is 0 Å². The summed E-state index contributed by atoms with van der Waals surface area (Å²) in [5.41, 5.74) is 7.90. The van der Waals surface area contributed by atoms with Crippen LogP contribution >= 0.6 is 11.3 Å². The zero-order valence-electron chi connectivity index (χ0n) is 10.3. The van der Waals surface area contributed by atoms with Gasteiger partial charge in [0.15, 0.2) is 0 Å². The van der Waals surface area contributed by atoms with Gasteiger partial charge in [-0.3, -0.25) is 0 Å². The molecule has 5 heteroatoms. The van der Waals surface area contributed by atoms with Crippen molar-refractivity contribution in [2.24, 2.45) is 5.92 Å². The SMILES string of the molecule is CC(C)Cc1ccc2c(n1)sc1c(N)ncnc12. The molecule has 3 rings (SSSR count). The number of aromatic nitrogens is 3. The zero-order chi connectivity index (χ0) is 12.7. The third kappa shape index (κ3) is 1.80. The number of hydrogen-bond acceptors (Lipinski definition) is 5. The minimum atomic E-state index is 0.536. The lowest BCUT2D eigenvalue weighted by Crippen LogP contribution is -1.96. The van der Waals surface area contributed by atoms with E-state index in [2.05, 4.69) is 40.9 Å². The topological polar surface area (TPSA) is 64.7 Å². The van der Waals surface area contributed by atoms with Crippen LogP contribution in [0.2, 0.25) is 0 Å². The molecule has 0 spiro atoms. The lowest BCUT2D eigenvalue weighted by atomic mass is 10.1. The maximum absolute atomic E-state index is 5.87. The first-order chi connectivity index (χ1) is 8.65. The average Bonchev–Trinajstić information content (AvgIpc) is 2.67. The summed E-state index contributed by atoms with van der Waals surface area (Å²) in [7, 11) is 0. The predicted molar refractivity (Wildman–Crippen MR) is 75.7 cm³/mol. The monoisotopic (exact) mass is 258 g/mol. The lowest BCUT2D eigenvalue weighted by molar-refractivity contribution is 0.637. The third-order valence-corrected chi connectivity index (χ3v) is 3.93. The van der Waals surface area contributed by atoms with Gasteiger partial charge in [0.2, 0.25) is 0 Å². The van der Waals surface area contributed by atoms with Gasteiger partial charge >= 0.3 is 0 Å². The summed E-state index contributed by atoms with van der Waals surface area (Å²) in [4.78, 5) is 14.0. The van der Waals surface area contributed by atoms with Crippen molar-refractivity contribution in [3.63, 3.8) is 0 Å². The molecule has 0 bridgehead atoms. The van der Waals surface area contributed by atoms with E-state index in [1.54, 1.807) is 11.3 Å². The molecule has 0 saturated heterocycles. The van der Waals surface area contributed by atoms with Crippen LogP contribution < -0.4 is 5.73 Å². The summed E-state index contributed by atoms with van der Waals surface area (Å²) in [6.45, 7) is 4.39. The molecule has 0 aliphatic heterocycles. The molecular weight excluding hydrogens is 244 g/mol. The van der Waals surface area contributed by atoms with Crippen molar-refractivity contribution in [2.45, 2.75) is 20.3 Å². The van der Waals surface area contributed by atoms with Crippen molar-refractivity contribution < 1.29 is 0 Å². The molecule has 18 heavy (non-hydrogen) atoms. The van der Waals surface area contributed by atoms with Crippen LogP contribution in [0.15, 0.2) is 18.5 Å². The largest absolute Gasteiger partial charge is 0.382 e. The molecule has 4 nitrogen and oxygen atoms in total. The van der Waals surface area contributed by atoms with Crippen LogP contribution in [0.5, 0.6) is 0 Å². The second-order valence-electron chi connectivity index (χ2n) is 4.79. The third-order valence-electron chi connectivity index (χ3n) is 2.82. The minimum absolute atomic E-state index is 0.536. The van der Waals surface area contributed by atoms with Crippen molar-refractivity contribution in [1.29, 1.82) is 0 Å². The standard InChI is InChI=1S/C13H14N4S/c1-7(2)5-8-3-4-9-10-11(18-13(9)17-8)12(14)16-6-15-10/h3-4,6-7H,5H2,1-2H3,(H2,14,15,16). The molecule has 0 amide bonds. The summed E-state index contributed by atoms with van der Waals surface area (Å²) in [5.74, 6) is 1.14. The lowest BCUT2D eigenvalue weighted by Gasteiger charge is -2.03. The number of thiophene rings is 1. The van der Waals surface area contributed by atoms with E-state index in [1.165, 1.54) is 6.33 Å². The fourth-order valence-electron chi connectivity index (χ4n) is 2.05. The van der Waals surface area contributed by atoms with E-state index in [1.807, 2.05) is 0 Å². The Labute approximate surface area is 109 Å². The molecule has 3 aromatic rings. The highest BCUT2D eigenvalue weighted by atomic mass is 32.1. The van der Waals surface area contributed by atoms with Gasteiger partial charge in [0.05, 0.1) is 10.2 Å². The highest BCUT2D eigenvalue weighted by Gasteiger charge is 2.11. The van der Waals surface area contributed by atoms with Crippen LogP contribution in [0.25, 0.3) is 20.4 Å². The number of nitrogens with two attached hydrogens (primary N) is 1. The van der Waals surface area contributed by atoms with Crippen molar-refractivity contribution in [3.8, 4) is 0 Å². The van der Waals surface area contributed by atoms with Crippen LogP contribution in [0.4, 0.5) is 5.82 Å². The Balaban J connectivity index is 2.23. The van der Waals surface area contributed by atoms with E-state index in [0.717, 1.165) is 32.5 Å². The van der Waals surface area contributed by atoms with Crippen molar-refractivity contribution in [2.75, 3.05) is 5.73 Å². The number of nitrogen functional groups attached to an aromatic ring is 1. The Morgan fingerprint density at radius 3 is 2.89 bits per heavy atom. The van der Waals surface area contributed by atoms with Crippen LogP contribution in [-0.4, -0.2) is 15.0 Å². The smallest absolute Gasteiger partial charge is 0.144 e. The number of fused-ring (bicyclic) bond motifs is 3. The first kappa shape index (κ1) is 11.3. The van der Waals surface area contributed by atoms with Crippen molar-refractivity contribution in [1.82, 2.24) is 15.0 Å². The van der Waals surface area contributed by atoms with Gasteiger partial charge in [-0.1, -0.05) is 13.8 Å². The van der Waals surface area contributed by atoms with Crippen LogP contribution in [0.3, 0.4) is 0 Å². The van der Waals surface area contributed by atoms with E-state index in [0.29, 0.717) is 11.7 Å². The van der Waals surface area contributed by atoms with Gasteiger partial charge in [0.1, 0.15) is 17.0 Å². The molecule has 3 aromatic heterocycles. The summed E-state index contributed by atoms with van der Waals surface area (Å²) in [5, 5.41) is 1.07. The first-order valence-electron chi connectivity index (χ1n) is 5.93. The molecule has 0 aliphatic rings. The summed E-state index contributed by atoms with van der Waals surface area (Å²) >= 11 is 1.57. The second kappa shape index (κ2) is 4.17. The van der Waals surface area contributed by atoms with E-state index in [-0.39, 0.29) is 0 Å². The molecule has 2 N–H and O–H groups in total. The quantitative estimate of drug-likeness (QED) is 0.767. The summed E-state index contributed by atoms with van der Waals surface area (Å²) in [6, 6.07) is 4.16.